The van der Waals surface area contributed by atoms with Gasteiger partial charge in [-0.25, -0.2) is 0 Å². The number of carbonyl (C=O) groups is 1. The molecule has 0 aliphatic heterocycles. The second-order valence-electron chi connectivity index (χ2n) is 3.98. The van der Waals surface area contributed by atoms with Crippen LogP contribution in [0.25, 0.3) is 10.9 Å². The van der Waals surface area contributed by atoms with Gasteiger partial charge in [-0.3, -0.25) is 9.89 Å². The highest BCUT2D eigenvalue weighted by atomic mass is 79.9. The molecule has 0 radical (unpaired) electrons. The summed E-state index contributed by atoms with van der Waals surface area (Å²) < 4.78 is 0.931. The van der Waals surface area contributed by atoms with Crippen LogP contribution in [0.1, 0.15) is 16.9 Å². The fourth-order valence-electron chi connectivity index (χ4n) is 1.71. The Labute approximate surface area is 126 Å². The molecule has 0 bridgehead atoms. The van der Waals surface area contributed by atoms with Crippen molar-refractivity contribution in [3.05, 3.63) is 28.4 Å². The minimum Gasteiger partial charge on any atom is -0.351 e. The van der Waals surface area contributed by atoms with Crippen LogP contribution >= 0.6 is 28.3 Å². The Morgan fingerprint density at radius 3 is 2.95 bits per heavy atom. The molecule has 0 saturated heterocycles. The molecule has 7 heteroatoms. The number of nitrogens with one attached hydrogen (secondary N) is 3. The summed E-state index contributed by atoms with van der Waals surface area (Å²) in [5, 5.41) is 13.6. The van der Waals surface area contributed by atoms with E-state index in [4.69, 9.17) is 0 Å². The molecule has 2 rings (SSSR count). The highest BCUT2D eigenvalue weighted by molar-refractivity contribution is 9.10. The van der Waals surface area contributed by atoms with Crippen molar-refractivity contribution in [2.45, 2.75) is 6.42 Å². The van der Waals surface area contributed by atoms with Gasteiger partial charge in [-0.2, -0.15) is 5.10 Å². The van der Waals surface area contributed by atoms with Crippen molar-refractivity contribution in [2.24, 2.45) is 0 Å². The van der Waals surface area contributed by atoms with Crippen molar-refractivity contribution in [3.63, 3.8) is 0 Å². The SMILES string of the molecule is CNCCCNC(=O)c1n[nH]c2ccc(Br)cc12.Cl. The topological polar surface area (TPSA) is 69.8 Å². The average molecular weight is 348 g/mol. The van der Waals surface area contributed by atoms with Crippen LogP contribution in [0, 0.1) is 0 Å². The minimum absolute atomic E-state index is 0. The number of rotatable bonds is 5. The zero-order valence-electron chi connectivity index (χ0n) is 10.5. The summed E-state index contributed by atoms with van der Waals surface area (Å²) in [5.41, 5.74) is 1.30. The number of H-pyrrole nitrogens is 1. The van der Waals surface area contributed by atoms with Gasteiger partial charge in [0.25, 0.3) is 5.91 Å². The van der Waals surface area contributed by atoms with E-state index in [0.717, 1.165) is 28.3 Å². The molecule has 1 heterocycles. The molecule has 0 saturated carbocycles. The summed E-state index contributed by atoms with van der Waals surface area (Å²) >= 11 is 3.39. The minimum atomic E-state index is -0.143. The molecule has 0 aliphatic rings. The van der Waals surface area contributed by atoms with Crippen LogP contribution in [-0.2, 0) is 0 Å². The zero-order chi connectivity index (χ0) is 13.0. The molecule has 0 atom stereocenters. The monoisotopic (exact) mass is 346 g/mol. The van der Waals surface area contributed by atoms with Crippen LogP contribution in [0.15, 0.2) is 22.7 Å². The van der Waals surface area contributed by atoms with Crippen LogP contribution in [-0.4, -0.2) is 36.2 Å². The van der Waals surface area contributed by atoms with Crippen molar-refractivity contribution in [1.29, 1.82) is 0 Å². The van der Waals surface area contributed by atoms with Gasteiger partial charge in [-0.1, -0.05) is 15.9 Å². The Balaban J connectivity index is 0.00000180. The van der Waals surface area contributed by atoms with Crippen molar-refractivity contribution < 1.29 is 4.79 Å². The Morgan fingerprint density at radius 2 is 2.21 bits per heavy atom. The first-order valence-corrected chi connectivity index (χ1v) is 6.58. The van der Waals surface area contributed by atoms with Crippen LogP contribution in [0.4, 0.5) is 0 Å². The molecule has 0 spiro atoms. The van der Waals surface area contributed by atoms with E-state index in [9.17, 15) is 4.79 Å². The highest BCUT2D eigenvalue weighted by Crippen LogP contribution is 2.20. The first-order chi connectivity index (χ1) is 8.72. The van der Waals surface area contributed by atoms with Gasteiger partial charge < -0.3 is 10.6 Å². The lowest BCUT2D eigenvalue weighted by molar-refractivity contribution is 0.0950. The molecule has 1 amide bonds. The third kappa shape index (κ3) is 3.92. The van der Waals surface area contributed by atoms with Gasteiger partial charge in [0.05, 0.1) is 5.52 Å². The van der Waals surface area contributed by atoms with Gasteiger partial charge in [-0.15, -0.1) is 12.4 Å². The molecule has 19 heavy (non-hydrogen) atoms. The van der Waals surface area contributed by atoms with E-state index in [-0.39, 0.29) is 18.3 Å². The number of fused-ring (bicyclic) bond motifs is 1. The maximum atomic E-state index is 12.0. The van der Waals surface area contributed by atoms with E-state index in [2.05, 4.69) is 36.8 Å². The molecular weight excluding hydrogens is 332 g/mol. The number of aromatic amines is 1. The molecule has 5 nitrogen and oxygen atoms in total. The molecule has 0 unspecified atom stereocenters. The predicted molar refractivity (Wildman–Crippen MR) is 81.9 cm³/mol. The third-order valence-corrected chi connectivity index (χ3v) is 3.12. The van der Waals surface area contributed by atoms with Gasteiger partial charge in [0.1, 0.15) is 0 Å². The van der Waals surface area contributed by atoms with Gasteiger partial charge in [-0.05, 0) is 38.2 Å². The fourth-order valence-corrected chi connectivity index (χ4v) is 2.07. The average Bonchev–Trinajstić information content (AvgIpc) is 2.77. The van der Waals surface area contributed by atoms with Crippen molar-refractivity contribution in [1.82, 2.24) is 20.8 Å². The maximum absolute atomic E-state index is 12.0. The highest BCUT2D eigenvalue weighted by Gasteiger charge is 2.13. The van der Waals surface area contributed by atoms with Gasteiger partial charge in [0, 0.05) is 16.4 Å². The number of hydrogen-bond donors (Lipinski definition) is 3. The third-order valence-electron chi connectivity index (χ3n) is 2.63. The second kappa shape index (κ2) is 7.47. The van der Waals surface area contributed by atoms with Crippen LogP contribution in [0.2, 0.25) is 0 Å². The number of aromatic nitrogens is 2. The van der Waals surface area contributed by atoms with Gasteiger partial charge in [0.15, 0.2) is 5.69 Å². The van der Waals surface area contributed by atoms with E-state index in [0.29, 0.717) is 12.2 Å². The summed E-state index contributed by atoms with van der Waals surface area (Å²) in [5.74, 6) is -0.143. The first-order valence-electron chi connectivity index (χ1n) is 5.79. The second-order valence-corrected chi connectivity index (χ2v) is 4.89. The van der Waals surface area contributed by atoms with Crippen molar-refractivity contribution >= 4 is 45.1 Å². The summed E-state index contributed by atoms with van der Waals surface area (Å²) in [4.78, 5) is 12.0. The largest absolute Gasteiger partial charge is 0.351 e. The number of amides is 1. The van der Waals surface area contributed by atoms with E-state index in [1.807, 2.05) is 25.2 Å². The van der Waals surface area contributed by atoms with Crippen LogP contribution < -0.4 is 10.6 Å². The number of hydrogen-bond acceptors (Lipinski definition) is 3. The molecule has 3 N–H and O–H groups in total. The Kier molecular flexibility index (Phi) is 6.27. The Hall–Kier alpha value is -1.11. The zero-order valence-corrected chi connectivity index (χ0v) is 12.9. The number of carbonyl (C=O) groups excluding carboxylic acids is 1. The molecule has 2 aromatic rings. The molecule has 1 aromatic heterocycles. The van der Waals surface area contributed by atoms with E-state index in [1.54, 1.807) is 0 Å². The van der Waals surface area contributed by atoms with E-state index < -0.39 is 0 Å². The molecular formula is C12H16BrClN4O. The van der Waals surface area contributed by atoms with Crippen molar-refractivity contribution in [2.75, 3.05) is 20.1 Å². The lowest BCUT2D eigenvalue weighted by Crippen LogP contribution is -2.27. The molecule has 1 aromatic carbocycles. The summed E-state index contributed by atoms with van der Waals surface area (Å²) in [7, 11) is 1.89. The Morgan fingerprint density at radius 1 is 1.42 bits per heavy atom. The molecule has 0 aliphatic carbocycles. The van der Waals surface area contributed by atoms with E-state index >= 15 is 0 Å². The molecule has 0 fully saturated rings. The van der Waals surface area contributed by atoms with Crippen molar-refractivity contribution in [3.8, 4) is 0 Å². The smallest absolute Gasteiger partial charge is 0.272 e. The standard InChI is InChI=1S/C12H15BrN4O.ClH/c1-14-5-2-6-15-12(18)11-9-7-8(13)3-4-10(9)16-17-11;/h3-4,7,14H,2,5-6H2,1H3,(H,15,18)(H,16,17);1H. The summed E-state index contributed by atoms with van der Waals surface area (Å²) in [6.07, 6.45) is 0.897. The van der Waals surface area contributed by atoms with Gasteiger partial charge >= 0.3 is 0 Å². The number of halogens is 2. The quantitative estimate of drug-likeness (QED) is 0.725. The fraction of sp³-hybridized carbons (Fsp3) is 0.333. The Bertz CT molecular complexity index is 558. The lowest BCUT2D eigenvalue weighted by Gasteiger charge is -2.03. The van der Waals surface area contributed by atoms with E-state index in [1.165, 1.54) is 0 Å². The summed E-state index contributed by atoms with van der Waals surface area (Å²) in [6, 6.07) is 5.70. The maximum Gasteiger partial charge on any atom is 0.272 e. The first kappa shape index (κ1) is 15.9. The predicted octanol–water partition coefficient (Wildman–Crippen LogP) is 2.09. The summed E-state index contributed by atoms with van der Waals surface area (Å²) in [6.45, 7) is 1.52. The van der Waals surface area contributed by atoms with Gasteiger partial charge in [0.2, 0.25) is 0 Å². The molecule has 104 valence electrons. The van der Waals surface area contributed by atoms with Crippen LogP contribution in [0.3, 0.4) is 0 Å². The normalized spacial score (nSPS) is 10.2. The number of benzene rings is 1. The van der Waals surface area contributed by atoms with Crippen LogP contribution in [0.5, 0.6) is 0 Å². The lowest BCUT2D eigenvalue weighted by atomic mass is 10.2. The number of nitrogens with zero attached hydrogens (tertiary/aromatic N) is 1.